The van der Waals surface area contributed by atoms with Gasteiger partial charge in [0.2, 0.25) is 5.91 Å². The lowest BCUT2D eigenvalue weighted by molar-refractivity contribution is -0.142. The van der Waals surface area contributed by atoms with Crippen molar-refractivity contribution in [3.05, 3.63) is 35.9 Å². The first-order valence-electron chi connectivity index (χ1n) is 9.67. The fourth-order valence-electron chi connectivity index (χ4n) is 4.26. The predicted molar refractivity (Wildman–Crippen MR) is 100 cm³/mol. The molecule has 1 spiro atoms. The number of rotatable bonds is 5. The van der Waals surface area contributed by atoms with E-state index in [9.17, 15) is 14.7 Å². The zero-order chi connectivity index (χ0) is 18.7. The van der Waals surface area contributed by atoms with Crippen molar-refractivity contribution in [3.63, 3.8) is 0 Å². The normalized spacial score (nSPS) is 20.8. The molecule has 5 nitrogen and oxygen atoms in total. The van der Waals surface area contributed by atoms with Gasteiger partial charge in [-0.2, -0.15) is 0 Å². The number of aliphatic hydroxyl groups is 1. The molecule has 1 aromatic carbocycles. The summed E-state index contributed by atoms with van der Waals surface area (Å²) in [6.45, 7) is 7.17. The van der Waals surface area contributed by atoms with Crippen LogP contribution in [0.2, 0.25) is 0 Å². The molecule has 0 saturated carbocycles. The van der Waals surface area contributed by atoms with Crippen molar-refractivity contribution in [3.8, 4) is 0 Å². The monoisotopic (exact) mass is 358 g/mol. The molecule has 2 heterocycles. The molecule has 0 aliphatic carbocycles. The van der Waals surface area contributed by atoms with Crippen LogP contribution in [0.5, 0.6) is 0 Å². The second-order valence-electron chi connectivity index (χ2n) is 8.38. The van der Waals surface area contributed by atoms with Gasteiger partial charge in [0.25, 0.3) is 5.91 Å². The van der Waals surface area contributed by atoms with Gasteiger partial charge in [0, 0.05) is 44.4 Å². The highest BCUT2D eigenvalue weighted by molar-refractivity contribution is 5.82. The van der Waals surface area contributed by atoms with E-state index in [-0.39, 0.29) is 17.2 Å². The lowest BCUT2D eigenvalue weighted by Gasteiger charge is -2.39. The smallest absolute Gasteiger partial charge is 0.251 e. The highest BCUT2D eigenvalue weighted by atomic mass is 16.3. The van der Waals surface area contributed by atoms with Crippen LogP contribution in [0.1, 0.15) is 38.7 Å². The van der Waals surface area contributed by atoms with Crippen LogP contribution >= 0.6 is 0 Å². The molecule has 3 rings (SSSR count). The summed E-state index contributed by atoms with van der Waals surface area (Å²) in [5.74, 6) is 0.540. The topological polar surface area (TPSA) is 60.9 Å². The van der Waals surface area contributed by atoms with Crippen molar-refractivity contribution in [1.82, 2.24) is 9.80 Å². The van der Waals surface area contributed by atoms with E-state index in [1.807, 2.05) is 35.2 Å². The number of carbonyl (C=O) groups excluding carboxylic acids is 2. The van der Waals surface area contributed by atoms with E-state index in [1.165, 1.54) is 0 Å². The van der Waals surface area contributed by atoms with E-state index in [2.05, 4.69) is 13.8 Å². The molecule has 1 atom stereocenters. The minimum absolute atomic E-state index is 0.0210. The molecular weight excluding hydrogens is 328 g/mol. The number of hydrogen-bond acceptors (Lipinski definition) is 3. The third-order valence-electron chi connectivity index (χ3n) is 5.68. The Bertz CT molecular complexity index is 636. The molecule has 0 radical (unpaired) electrons. The van der Waals surface area contributed by atoms with Crippen LogP contribution in [0.3, 0.4) is 0 Å². The standard InChI is InChI=1S/C21H30N2O3/c1-16(2)14-23-15-21(13-19(23)25)8-10-22(11-9-21)20(26)18(24)12-17-6-4-3-5-7-17/h3-7,16,18,24H,8-15H2,1-2H3/t18-/m0/s1. The Balaban J connectivity index is 1.53. The summed E-state index contributed by atoms with van der Waals surface area (Å²) in [6, 6.07) is 9.60. The maximum absolute atomic E-state index is 12.6. The maximum Gasteiger partial charge on any atom is 0.251 e. The number of piperidine rings is 1. The first kappa shape index (κ1) is 18.9. The molecule has 2 amide bonds. The molecule has 5 heteroatoms. The highest BCUT2D eigenvalue weighted by Crippen LogP contribution is 2.41. The average Bonchev–Trinajstić information content (AvgIpc) is 2.90. The van der Waals surface area contributed by atoms with E-state index < -0.39 is 6.10 Å². The Morgan fingerprint density at radius 2 is 1.85 bits per heavy atom. The summed E-state index contributed by atoms with van der Waals surface area (Å²) >= 11 is 0. The molecule has 142 valence electrons. The molecule has 2 fully saturated rings. The van der Waals surface area contributed by atoms with E-state index in [1.54, 1.807) is 4.90 Å². The van der Waals surface area contributed by atoms with Crippen LogP contribution in [-0.4, -0.2) is 59.0 Å². The first-order valence-corrected chi connectivity index (χ1v) is 9.67. The maximum atomic E-state index is 12.6. The summed E-state index contributed by atoms with van der Waals surface area (Å²) in [7, 11) is 0. The Morgan fingerprint density at radius 1 is 1.19 bits per heavy atom. The number of hydrogen-bond donors (Lipinski definition) is 1. The molecule has 0 unspecified atom stereocenters. The van der Waals surface area contributed by atoms with Crippen molar-refractivity contribution in [2.24, 2.45) is 11.3 Å². The number of benzene rings is 1. The van der Waals surface area contributed by atoms with Gasteiger partial charge in [-0.3, -0.25) is 9.59 Å². The number of likely N-dealkylation sites (tertiary alicyclic amines) is 2. The third-order valence-corrected chi connectivity index (χ3v) is 5.68. The SMILES string of the molecule is CC(C)CN1CC2(CCN(C(=O)[C@@H](O)Cc3ccccc3)CC2)CC1=O. The lowest BCUT2D eigenvalue weighted by atomic mass is 9.77. The van der Waals surface area contributed by atoms with Crippen molar-refractivity contribution in [1.29, 1.82) is 0 Å². The molecule has 2 aliphatic rings. The first-order chi connectivity index (χ1) is 12.4. The van der Waals surface area contributed by atoms with Gasteiger partial charge in [-0.15, -0.1) is 0 Å². The molecule has 1 N–H and O–H groups in total. The largest absolute Gasteiger partial charge is 0.383 e. The quantitative estimate of drug-likeness (QED) is 0.877. The van der Waals surface area contributed by atoms with Gasteiger partial charge in [0.15, 0.2) is 0 Å². The van der Waals surface area contributed by atoms with Crippen molar-refractivity contribution < 1.29 is 14.7 Å². The number of nitrogens with zero attached hydrogens (tertiary/aromatic N) is 2. The highest BCUT2D eigenvalue weighted by Gasteiger charge is 2.45. The van der Waals surface area contributed by atoms with E-state index in [4.69, 9.17) is 0 Å². The van der Waals surface area contributed by atoms with Gasteiger partial charge < -0.3 is 14.9 Å². The Hall–Kier alpha value is -1.88. The summed E-state index contributed by atoms with van der Waals surface area (Å²) in [5.41, 5.74) is 0.986. The van der Waals surface area contributed by atoms with Gasteiger partial charge in [0.1, 0.15) is 6.10 Å². The Morgan fingerprint density at radius 3 is 2.46 bits per heavy atom. The Labute approximate surface area is 156 Å². The van der Waals surface area contributed by atoms with Crippen LogP contribution in [0.15, 0.2) is 30.3 Å². The van der Waals surface area contributed by atoms with Gasteiger partial charge in [-0.1, -0.05) is 44.2 Å². The second kappa shape index (κ2) is 7.78. The van der Waals surface area contributed by atoms with Crippen molar-refractivity contribution >= 4 is 11.8 Å². The van der Waals surface area contributed by atoms with Crippen LogP contribution in [0, 0.1) is 11.3 Å². The van der Waals surface area contributed by atoms with Crippen molar-refractivity contribution in [2.75, 3.05) is 26.2 Å². The molecule has 0 aromatic heterocycles. The van der Waals surface area contributed by atoms with Gasteiger partial charge >= 0.3 is 0 Å². The summed E-state index contributed by atoms with van der Waals surface area (Å²) in [5, 5.41) is 10.3. The van der Waals surface area contributed by atoms with Crippen LogP contribution < -0.4 is 0 Å². The van der Waals surface area contributed by atoms with Gasteiger partial charge in [-0.05, 0) is 24.3 Å². The van der Waals surface area contributed by atoms with E-state index in [0.29, 0.717) is 31.8 Å². The number of carbonyl (C=O) groups is 2. The molecule has 2 saturated heterocycles. The average molecular weight is 358 g/mol. The van der Waals surface area contributed by atoms with Crippen LogP contribution in [0.4, 0.5) is 0 Å². The molecule has 26 heavy (non-hydrogen) atoms. The minimum atomic E-state index is -0.992. The summed E-state index contributed by atoms with van der Waals surface area (Å²) in [6.07, 6.45) is 1.65. The fraction of sp³-hybridized carbons (Fsp3) is 0.619. The van der Waals surface area contributed by atoms with E-state index in [0.717, 1.165) is 31.5 Å². The summed E-state index contributed by atoms with van der Waals surface area (Å²) < 4.78 is 0. The van der Waals surface area contributed by atoms with Crippen LogP contribution in [0.25, 0.3) is 0 Å². The van der Waals surface area contributed by atoms with Crippen molar-refractivity contribution in [2.45, 2.75) is 45.6 Å². The predicted octanol–water partition coefficient (Wildman–Crippen LogP) is 2.09. The molecule has 1 aromatic rings. The second-order valence-corrected chi connectivity index (χ2v) is 8.38. The Kier molecular flexibility index (Phi) is 5.66. The van der Waals surface area contributed by atoms with Gasteiger partial charge in [0.05, 0.1) is 0 Å². The minimum Gasteiger partial charge on any atom is -0.383 e. The molecular formula is C21H30N2O3. The summed E-state index contributed by atoms with van der Waals surface area (Å²) in [4.78, 5) is 28.7. The fourth-order valence-corrected chi connectivity index (χ4v) is 4.26. The third kappa shape index (κ3) is 4.26. The van der Waals surface area contributed by atoms with Crippen LogP contribution in [-0.2, 0) is 16.0 Å². The molecule has 0 bridgehead atoms. The van der Waals surface area contributed by atoms with E-state index >= 15 is 0 Å². The lowest BCUT2D eigenvalue weighted by Crippen LogP contribution is -2.48. The number of aliphatic hydroxyl groups excluding tert-OH is 1. The van der Waals surface area contributed by atoms with Gasteiger partial charge in [-0.25, -0.2) is 0 Å². The molecule has 2 aliphatic heterocycles. The zero-order valence-electron chi connectivity index (χ0n) is 15.9. The number of amides is 2. The zero-order valence-corrected chi connectivity index (χ0v) is 15.9.